The lowest BCUT2D eigenvalue weighted by Crippen LogP contribution is -2.19. The average Bonchev–Trinajstić information content (AvgIpc) is 3.18. The Hall–Kier alpha value is -1.53. The molecule has 0 spiro atoms. The third-order valence-corrected chi connectivity index (χ3v) is 4.46. The molecule has 1 unspecified atom stereocenters. The molecular formula is C16H20N2O. The summed E-state index contributed by atoms with van der Waals surface area (Å²) in [4.78, 5) is 0. The zero-order chi connectivity index (χ0) is 13.3. The lowest BCUT2D eigenvalue weighted by atomic mass is 9.87. The van der Waals surface area contributed by atoms with Crippen LogP contribution in [0.5, 0.6) is 5.75 Å². The maximum Gasteiger partial charge on any atom is 0.122 e. The molecule has 1 atom stereocenters. The molecular weight excluding hydrogens is 236 g/mol. The van der Waals surface area contributed by atoms with E-state index in [1.165, 1.54) is 11.1 Å². The van der Waals surface area contributed by atoms with Crippen molar-refractivity contribution in [3.63, 3.8) is 0 Å². The third kappa shape index (κ3) is 2.46. The zero-order valence-corrected chi connectivity index (χ0v) is 11.2. The maximum atomic E-state index is 8.84. The van der Waals surface area contributed by atoms with Crippen molar-refractivity contribution < 1.29 is 4.74 Å². The Morgan fingerprint density at radius 1 is 1.42 bits per heavy atom. The summed E-state index contributed by atoms with van der Waals surface area (Å²) in [7, 11) is 0. The monoisotopic (exact) mass is 256 g/mol. The summed E-state index contributed by atoms with van der Waals surface area (Å²) < 4.78 is 6.03. The predicted molar refractivity (Wildman–Crippen MR) is 73.7 cm³/mol. The molecule has 2 aliphatic carbocycles. The van der Waals surface area contributed by atoms with Gasteiger partial charge in [-0.1, -0.05) is 12.1 Å². The van der Waals surface area contributed by atoms with Crippen LogP contribution in [-0.4, -0.2) is 6.61 Å². The van der Waals surface area contributed by atoms with Crippen LogP contribution in [0.3, 0.4) is 0 Å². The lowest BCUT2D eigenvalue weighted by molar-refractivity contribution is 0.233. The van der Waals surface area contributed by atoms with Crippen LogP contribution in [0.15, 0.2) is 18.2 Å². The van der Waals surface area contributed by atoms with Crippen LogP contribution < -0.4 is 10.5 Å². The second-order valence-electron chi connectivity index (χ2n) is 5.95. The lowest BCUT2D eigenvalue weighted by Gasteiger charge is -2.25. The van der Waals surface area contributed by atoms with Gasteiger partial charge in [0, 0.05) is 17.9 Å². The number of nitriles is 1. The molecule has 2 aliphatic rings. The first-order chi connectivity index (χ1) is 9.24. The molecule has 100 valence electrons. The Balaban J connectivity index is 1.75. The molecule has 0 bridgehead atoms. The summed E-state index contributed by atoms with van der Waals surface area (Å²) in [6.45, 7) is 0.673. The molecule has 19 heavy (non-hydrogen) atoms. The van der Waals surface area contributed by atoms with Gasteiger partial charge >= 0.3 is 0 Å². The van der Waals surface area contributed by atoms with E-state index in [-0.39, 0.29) is 11.5 Å². The van der Waals surface area contributed by atoms with Gasteiger partial charge in [0.1, 0.15) is 5.75 Å². The Labute approximate surface area is 114 Å². The minimum atomic E-state index is 0.133. The van der Waals surface area contributed by atoms with Crippen molar-refractivity contribution in [1.29, 1.82) is 5.26 Å². The first-order valence-corrected chi connectivity index (χ1v) is 7.11. The smallest absolute Gasteiger partial charge is 0.122 e. The van der Waals surface area contributed by atoms with Crippen LogP contribution in [0.25, 0.3) is 0 Å². The first kappa shape index (κ1) is 12.5. The van der Waals surface area contributed by atoms with Gasteiger partial charge in [0.25, 0.3) is 0 Å². The highest BCUT2D eigenvalue weighted by atomic mass is 16.5. The highest BCUT2D eigenvalue weighted by Gasteiger charge is 2.43. The van der Waals surface area contributed by atoms with Gasteiger partial charge in [-0.05, 0) is 49.3 Å². The fourth-order valence-electron chi connectivity index (χ4n) is 2.93. The minimum Gasteiger partial charge on any atom is -0.493 e. The third-order valence-electron chi connectivity index (χ3n) is 4.46. The van der Waals surface area contributed by atoms with E-state index in [4.69, 9.17) is 15.7 Å². The van der Waals surface area contributed by atoms with Crippen LogP contribution in [-0.2, 0) is 6.42 Å². The van der Waals surface area contributed by atoms with E-state index in [2.05, 4.69) is 12.1 Å². The Bertz CT molecular complexity index is 514. The van der Waals surface area contributed by atoms with Crippen molar-refractivity contribution in [2.75, 3.05) is 6.61 Å². The van der Waals surface area contributed by atoms with Gasteiger partial charge in [-0.25, -0.2) is 0 Å². The van der Waals surface area contributed by atoms with E-state index in [1.807, 2.05) is 12.1 Å². The average molecular weight is 256 g/mol. The predicted octanol–water partition coefficient (Wildman–Crippen LogP) is 3.10. The molecule has 0 saturated heterocycles. The number of nitrogens with two attached hydrogens (primary N) is 1. The Morgan fingerprint density at radius 3 is 3.00 bits per heavy atom. The van der Waals surface area contributed by atoms with Crippen LogP contribution in [0.4, 0.5) is 0 Å². The van der Waals surface area contributed by atoms with Crippen molar-refractivity contribution in [3.8, 4) is 11.8 Å². The Kier molecular flexibility index (Phi) is 3.20. The molecule has 0 heterocycles. The SMILES string of the molecule is N#CCC1(COc2cccc3c2CCCC3N)CC1. The molecule has 1 fully saturated rings. The topological polar surface area (TPSA) is 59.0 Å². The summed E-state index contributed by atoms with van der Waals surface area (Å²) in [5, 5.41) is 8.84. The zero-order valence-electron chi connectivity index (χ0n) is 11.2. The highest BCUT2D eigenvalue weighted by molar-refractivity contribution is 5.43. The number of benzene rings is 1. The molecule has 0 amide bonds. The summed E-state index contributed by atoms with van der Waals surface area (Å²) in [5.41, 5.74) is 8.82. The van der Waals surface area contributed by atoms with Gasteiger partial charge < -0.3 is 10.5 Å². The molecule has 3 rings (SSSR count). The van der Waals surface area contributed by atoms with E-state index in [9.17, 15) is 0 Å². The summed E-state index contributed by atoms with van der Waals surface area (Å²) in [6.07, 6.45) is 6.11. The summed E-state index contributed by atoms with van der Waals surface area (Å²) in [6, 6.07) is 8.62. The van der Waals surface area contributed by atoms with Crippen LogP contribution in [0.2, 0.25) is 0 Å². The summed E-state index contributed by atoms with van der Waals surface area (Å²) in [5.74, 6) is 0.983. The fraction of sp³-hybridized carbons (Fsp3) is 0.562. The van der Waals surface area contributed by atoms with Gasteiger partial charge in [0.15, 0.2) is 0 Å². The van der Waals surface area contributed by atoms with Crippen molar-refractivity contribution in [2.45, 2.75) is 44.6 Å². The molecule has 3 nitrogen and oxygen atoms in total. The summed E-state index contributed by atoms with van der Waals surface area (Å²) >= 11 is 0. The van der Waals surface area contributed by atoms with Gasteiger partial charge in [-0.15, -0.1) is 0 Å². The largest absolute Gasteiger partial charge is 0.493 e. The quantitative estimate of drug-likeness (QED) is 0.900. The Morgan fingerprint density at radius 2 is 2.26 bits per heavy atom. The van der Waals surface area contributed by atoms with Crippen LogP contribution >= 0.6 is 0 Å². The van der Waals surface area contributed by atoms with Gasteiger partial charge in [0.05, 0.1) is 12.7 Å². The molecule has 2 N–H and O–H groups in total. The van der Waals surface area contributed by atoms with Gasteiger partial charge in [0.2, 0.25) is 0 Å². The van der Waals surface area contributed by atoms with Crippen LogP contribution in [0.1, 0.15) is 49.3 Å². The van der Waals surface area contributed by atoms with Gasteiger partial charge in [-0.2, -0.15) is 5.26 Å². The number of hydrogen-bond donors (Lipinski definition) is 1. The standard InChI is InChI=1S/C16H20N2O/c17-10-9-16(7-8-16)11-19-15-6-2-3-12-13(15)4-1-5-14(12)18/h2-3,6,14H,1,4-5,7-9,11,18H2. The molecule has 1 aromatic carbocycles. The normalized spacial score (nSPS) is 23.3. The van der Waals surface area contributed by atoms with Crippen molar-refractivity contribution >= 4 is 0 Å². The molecule has 1 saturated carbocycles. The molecule has 1 aromatic rings. The highest BCUT2D eigenvalue weighted by Crippen LogP contribution is 2.49. The van der Waals surface area contributed by atoms with Crippen molar-refractivity contribution in [2.24, 2.45) is 11.1 Å². The van der Waals surface area contributed by atoms with E-state index in [0.717, 1.165) is 37.9 Å². The van der Waals surface area contributed by atoms with E-state index in [1.54, 1.807) is 0 Å². The van der Waals surface area contributed by atoms with Crippen molar-refractivity contribution in [1.82, 2.24) is 0 Å². The number of rotatable bonds is 4. The fourth-order valence-corrected chi connectivity index (χ4v) is 2.93. The van der Waals surface area contributed by atoms with E-state index >= 15 is 0 Å². The number of nitrogens with zero attached hydrogens (tertiary/aromatic N) is 1. The first-order valence-electron chi connectivity index (χ1n) is 7.11. The number of fused-ring (bicyclic) bond motifs is 1. The molecule has 3 heteroatoms. The van der Waals surface area contributed by atoms with Gasteiger partial charge in [-0.3, -0.25) is 0 Å². The molecule has 0 aliphatic heterocycles. The maximum absolute atomic E-state index is 8.84. The molecule has 0 aromatic heterocycles. The minimum absolute atomic E-state index is 0.133. The second-order valence-corrected chi connectivity index (χ2v) is 5.95. The van der Waals surface area contributed by atoms with E-state index in [0.29, 0.717) is 13.0 Å². The van der Waals surface area contributed by atoms with E-state index < -0.39 is 0 Å². The number of hydrogen-bond acceptors (Lipinski definition) is 3. The van der Waals surface area contributed by atoms with Crippen molar-refractivity contribution in [3.05, 3.63) is 29.3 Å². The van der Waals surface area contributed by atoms with Crippen LogP contribution in [0, 0.1) is 16.7 Å². The number of ether oxygens (including phenoxy) is 1. The molecule has 0 radical (unpaired) electrons. The second kappa shape index (κ2) is 4.86.